The van der Waals surface area contributed by atoms with Crippen molar-refractivity contribution < 1.29 is 37.6 Å². The highest BCUT2D eigenvalue weighted by atomic mass is 35.5. The molecule has 1 fully saturated rings. The number of thioether (sulfide) groups is 1. The van der Waals surface area contributed by atoms with Crippen LogP contribution in [-0.2, 0) is 39.9 Å². The maximum atomic E-state index is 15.7. The molecule has 14 nitrogen and oxygen atoms in total. The molecule has 6 atom stereocenters. The summed E-state index contributed by atoms with van der Waals surface area (Å²) in [4.78, 5) is 36.6. The topological polar surface area (TPSA) is 199 Å². The molecular weight excluding hydrogens is 636 g/mol. The van der Waals surface area contributed by atoms with Gasteiger partial charge in [0.1, 0.15) is 23.8 Å². The fourth-order valence-corrected chi connectivity index (χ4v) is 7.21. The van der Waals surface area contributed by atoms with E-state index in [9.17, 15) is 14.7 Å². The van der Waals surface area contributed by atoms with E-state index in [1.807, 2.05) is 0 Å². The molecule has 0 saturated carbocycles. The van der Waals surface area contributed by atoms with E-state index in [0.717, 1.165) is 16.3 Å². The van der Waals surface area contributed by atoms with E-state index in [-0.39, 0.29) is 46.5 Å². The van der Waals surface area contributed by atoms with E-state index in [2.05, 4.69) is 20.0 Å². The number of esters is 1. The highest BCUT2D eigenvalue weighted by molar-refractivity contribution is 8.13. The third kappa shape index (κ3) is 8.27. The molecule has 1 saturated heterocycles. The van der Waals surface area contributed by atoms with Crippen molar-refractivity contribution in [1.82, 2.24) is 24.6 Å². The van der Waals surface area contributed by atoms with Crippen LogP contribution < -0.4 is 16.6 Å². The van der Waals surface area contributed by atoms with Crippen LogP contribution in [0.15, 0.2) is 6.33 Å². The van der Waals surface area contributed by atoms with Gasteiger partial charge in [-0.2, -0.15) is 9.97 Å². The number of aliphatic hydroxyl groups is 1. The molecule has 42 heavy (non-hydrogen) atoms. The summed E-state index contributed by atoms with van der Waals surface area (Å²) in [5.41, 5.74) is 11.1. The zero-order chi connectivity index (χ0) is 31.6. The predicted molar refractivity (Wildman–Crippen MR) is 161 cm³/mol. The summed E-state index contributed by atoms with van der Waals surface area (Å²) in [5.74, 6) is -0.566. The molecule has 0 spiro atoms. The van der Waals surface area contributed by atoms with Gasteiger partial charge >= 0.3 is 5.97 Å². The van der Waals surface area contributed by atoms with Crippen LogP contribution in [0.4, 0.5) is 16.2 Å². The number of aliphatic hydroxyl groups excluding tert-OH is 1. The van der Waals surface area contributed by atoms with Gasteiger partial charge in [-0.25, -0.2) is 14.5 Å². The van der Waals surface area contributed by atoms with E-state index >= 15 is 4.39 Å². The quantitative estimate of drug-likeness (QED) is 0.111. The smallest absolute Gasteiger partial charge is 0.323 e. The van der Waals surface area contributed by atoms with Gasteiger partial charge in [0, 0.05) is 11.2 Å². The Balaban J connectivity index is 1.76. The molecule has 0 aliphatic carbocycles. The van der Waals surface area contributed by atoms with Gasteiger partial charge in [-0.3, -0.25) is 14.2 Å². The van der Waals surface area contributed by atoms with E-state index in [4.69, 9.17) is 53.4 Å². The monoisotopic (exact) mass is 671 g/mol. The third-order valence-electron chi connectivity index (χ3n) is 5.75. The van der Waals surface area contributed by atoms with Crippen LogP contribution in [0.5, 0.6) is 0 Å². The van der Waals surface area contributed by atoms with Crippen LogP contribution in [-0.4, -0.2) is 84.2 Å². The molecule has 1 aliphatic rings. The van der Waals surface area contributed by atoms with Crippen LogP contribution in [0.2, 0.25) is 0 Å². The minimum atomic E-state index is -3.50. The van der Waals surface area contributed by atoms with Crippen molar-refractivity contribution in [2.45, 2.75) is 77.3 Å². The molecule has 236 valence electrons. The van der Waals surface area contributed by atoms with E-state index < -0.39 is 54.2 Å². The summed E-state index contributed by atoms with van der Waals surface area (Å²) in [5, 5.41) is 10.7. The lowest BCUT2D eigenvalue weighted by Gasteiger charge is -2.28. The Morgan fingerprint density at radius 2 is 2.00 bits per heavy atom. The predicted octanol–water partition coefficient (Wildman–Crippen LogP) is 2.65. The Hall–Kier alpha value is -1.69. The number of nitrogens with zero attached hydrogens (tertiary/aromatic N) is 4. The van der Waals surface area contributed by atoms with Gasteiger partial charge in [0.15, 0.2) is 22.8 Å². The Labute approximate surface area is 256 Å². The second-order valence-corrected chi connectivity index (χ2v) is 15.6. The number of nitrogens with one attached hydrogen (secondary N) is 1. The molecule has 0 aromatic carbocycles. The molecule has 3 heterocycles. The minimum Gasteiger partial charge on any atom is -0.462 e. The zero-order valence-electron chi connectivity index (χ0n) is 23.9. The molecule has 19 heteroatoms. The lowest BCUT2D eigenvalue weighted by Crippen LogP contribution is -2.39. The van der Waals surface area contributed by atoms with Gasteiger partial charge in [-0.1, -0.05) is 44.1 Å². The fraction of sp³-hybridized carbons (Fsp3) is 0.696. The van der Waals surface area contributed by atoms with E-state index in [1.54, 1.807) is 34.6 Å². The lowest BCUT2D eigenvalue weighted by atomic mass is 10.00. The number of nitrogen functional groups attached to an aromatic ring is 2. The highest BCUT2D eigenvalue weighted by Gasteiger charge is 2.58. The van der Waals surface area contributed by atoms with Gasteiger partial charge in [0.25, 0.3) is 11.8 Å². The Kier molecular flexibility index (Phi) is 11.2. The van der Waals surface area contributed by atoms with Crippen molar-refractivity contribution >= 4 is 75.8 Å². The van der Waals surface area contributed by atoms with Crippen LogP contribution in [0.25, 0.3) is 11.2 Å². The molecule has 6 N–H and O–H groups in total. The van der Waals surface area contributed by atoms with E-state index in [0.29, 0.717) is 0 Å². The number of fused-ring (bicyclic) bond motifs is 1. The number of hydrogen-bond acceptors (Lipinski definition) is 14. The lowest BCUT2D eigenvalue weighted by molar-refractivity contribution is -0.149. The largest absolute Gasteiger partial charge is 0.462 e. The number of rotatable bonds is 12. The standard InChI is InChI=1S/C23H36ClFN7O7PS2/c1-11(2)38-18(34)12(3)31-40(41,36-7-8-42-20(35)22(4,5)6)37-9-13-15(33)23(24,25)19(39-13)32-10-28-14-16(26)29-21(27)30-17(14)32/h10-13,15,19,33H,7-9H2,1-6H3,(H,31,41)(H4,26,27,29,30)/t12-,13+,15+,19+,23+,40-/m0/s1. The normalized spacial score (nSPS) is 25.0. The number of anilines is 2. The average Bonchev–Trinajstić information content (AvgIpc) is 3.37. The maximum absolute atomic E-state index is 15.7. The van der Waals surface area contributed by atoms with Crippen LogP contribution >= 0.6 is 30.0 Å². The van der Waals surface area contributed by atoms with Crippen molar-refractivity contribution in [3.8, 4) is 0 Å². The van der Waals surface area contributed by atoms with Gasteiger partial charge < -0.3 is 35.1 Å². The van der Waals surface area contributed by atoms with Crippen LogP contribution in [0.1, 0.15) is 47.8 Å². The van der Waals surface area contributed by atoms with Crippen molar-refractivity contribution in [1.29, 1.82) is 0 Å². The average molecular weight is 672 g/mol. The summed E-state index contributed by atoms with van der Waals surface area (Å²) in [6.45, 7) is 6.31. The molecule has 0 amide bonds. The van der Waals surface area contributed by atoms with Crippen LogP contribution in [0, 0.1) is 5.41 Å². The number of carbonyl (C=O) groups excluding carboxylic acids is 2. The van der Waals surface area contributed by atoms with Crippen molar-refractivity contribution in [3.63, 3.8) is 0 Å². The summed E-state index contributed by atoms with van der Waals surface area (Å²) < 4.78 is 39.5. The molecular formula is C23H36ClFN7O7PS2. The van der Waals surface area contributed by atoms with Crippen molar-refractivity contribution in [3.05, 3.63) is 6.33 Å². The summed E-state index contributed by atoms with van der Waals surface area (Å²) in [7, 11) is 0. The number of hydrogen-bond donors (Lipinski definition) is 4. The van der Waals surface area contributed by atoms with E-state index in [1.165, 1.54) is 13.3 Å². The second-order valence-electron chi connectivity index (χ2n) is 10.8. The molecule has 0 bridgehead atoms. The second kappa shape index (κ2) is 13.5. The van der Waals surface area contributed by atoms with Crippen LogP contribution in [0.3, 0.4) is 0 Å². The summed E-state index contributed by atoms with van der Waals surface area (Å²) in [6.07, 6.45) is -4.05. The fourth-order valence-electron chi connectivity index (χ4n) is 3.65. The van der Waals surface area contributed by atoms with Crippen molar-refractivity contribution in [2.75, 3.05) is 30.4 Å². The number of aromatic nitrogens is 4. The Bertz CT molecular complexity index is 1350. The van der Waals surface area contributed by atoms with Crippen molar-refractivity contribution in [2.24, 2.45) is 5.41 Å². The Morgan fingerprint density at radius 1 is 1.33 bits per heavy atom. The molecule has 1 aliphatic heterocycles. The van der Waals surface area contributed by atoms with Gasteiger partial charge in [0.2, 0.25) is 5.95 Å². The summed E-state index contributed by atoms with van der Waals surface area (Å²) in [6, 6.07) is -0.939. The zero-order valence-corrected chi connectivity index (χ0v) is 27.2. The maximum Gasteiger partial charge on any atom is 0.323 e. The van der Waals surface area contributed by atoms with Gasteiger partial charge in [-0.15, -0.1) is 0 Å². The van der Waals surface area contributed by atoms with Gasteiger partial charge in [0.05, 0.1) is 25.6 Å². The number of ether oxygens (including phenoxy) is 2. The van der Waals surface area contributed by atoms with Gasteiger partial charge in [-0.05, 0) is 32.6 Å². The molecule has 0 radical (unpaired) electrons. The number of carbonyl (C=O) groups is 2. The first-order valence-electron chi connectivity index (χ1n) is 12.9. The molecule has 2 aromatic rings. The summed E-state index contributed by atoms with van der Waals surface area (Å²) >= 11 is 12.8. The first-order valence-corrected chi connectivity index (χ1v) is 16.9. The Morgan fingerprint density at radius 3 is 2.62 bits per heavy atom. The highest BCUT2D eigenvalue weighted by Crippen LogP contribution is 2.49. The molecule has 2 aromatic heterocycles. The SMILES string of the molecule is CC(C)OC(=O)[C@H](C)N[P@](=S)(OCCSC(=O)C(C)(C)C)OC[C@H]1O[C@@H](n2cnc3c(N)nc(N)nc32)[C@@](F)(Cl)[C@@H]1O. The third-order valence-corrected chi connectivity index (χ3v) is 10.1. The molecule has 3 rings (SSSR count). The number of nitrogens with two attached hydrogens (primary N) is 2. The molecule has 0 unspecified atom stereocenters. The first-order chi connectivity index (χ1) is 19.4. The number of imidazole rings is 1. The minimum absolute atomic E-state index is 0.00839. The number of alkyl halides is 2. The number of halogens is 2. The first kappa shape index (κ1) is 34.8.